The fourth-order valence-electron chi connectivity index (χ4n) is 1.11. The van der Waals surface area contributed by atoms with Crippen molar-refractivity contribution in [3.8, 4) is 0 Å². The maximum Gasteiger partial charge on any atom is 0.390 e. The van der Waals surface area contributed by atoms with Gasteiger partial charge in [0.05, 0.1) is 13.0 Å². The number of aliphatic hydroxyl groups is 1. The van der Waals surface area contributed by atoms with Crippen LogP contribution in [0.4, 0.5) is 13.2 Å². The van der Waals surface area contributed by atoms with E-state index in [2.05, 4.69) is 5.32 Å². The third kappa shape index (κ3) is 6.83. The Balaban J connectivity index is 3.79. The highest BCUT2D eigenvalue weighted by Gasteiger charge is 2.30. The molecule has 2 nitrogen and oxygen atoms in total. The highest BCUT2D eigenvalue weighted by atomic mass is 19.4. The van der Waals surface area contributed by atoms with Gasteiger partial charge < -0.3 is 10.4 Å². The van der Waals surface area contributed by atoms with E-state index >= 15 is 0 Å². The average Bonchev–Trinajstić information content (AvgIpc) is 1.96. The lowest BCUT2D eigenvalue weighted by Crippen LogP contribution is -2.40. The summed E-state index contributed by atoms with van der Waals surface area (Å²) >= 11 is 0. The van der Waals surface area contributed by atoms with Crippen LogP contribution in [0.1, 0.15) is 26.7 Å². The first-order chi connectivity index (χ1) is 5.89. The maximum atomic E-state index is 11.9. The van der Waals surface area contributed by atoms with Gasteiger partial charge in [-0.25, -0.2) is 0 Å². The van der Waals surface area contributed by atoms with E-state index < -0.39 is 18.6 Å². The predicted octanol–water partition coefficient (Wildman–Crippen LogP) is 1.69. The zero-order chi connectivity index (χ0) is 10.5. The number of halogens is 3. The quantitative estimate of drug-likeness (QED) is 0.706. The molecule has 0 aliphatic rings. The fraction of sp³-hybridized carbons (Fsp3) is 1.00. The second-order valence-electron chi connectivity index (χ2n) is 3.17. The lowest BCUT2D eigenvalue weighted by Gasteiger charge is -2.21. The van der Waals surface area contributed by atoms with Crippen molar-refractivity contribution >= 4 is 0 Å². The van der Waals surface area contributed by atoms with Crippen LogP contribution in [0.3, 0.4) is 0 Å². The Labute approximate surface area is 76.1 Å². The molecule has 1 unspecified atom stereocenters. The van der Waals surface area contributed by atoms with Gasteiger partial charge in [-0.2, -0.15) is 13.2 Å². The van der Waals surface area contributed by atoms with Crippen LogP contribution in [0.25, 0.3) is 0 Å². The van der Waals surface area contributed by atoms with Gasteiger partial charge in [0, 0.05) is 12.1 Å². The molecule has 0 aliphatic heterocycles. The van der Waals surface area contributed by atoms with Crippen molar-refractivity contribution < 1.29 is 18.3 Å². The van der Waals surface area contributed by atoms with Crippen LogP contribution in [0, 0.1) is 0 Å². The van der Waals surface area contributed by atoms with Crippen molar-refractivity contribution in [2.24, 2.45) is 0 Å². The maximum absolute atomic E-state index is 11.9. The number of hydrogen-bond donors (Lipinski definition) is 2. The third-order valence-corrected chi connectivity index (χ3v) is 1.77. The van der Waals surface area contributed by atoms with Crippen molar-refractivity contribution in [3.63, 3.8) is 0 Å². The van der Waals surface area contributed by atoms with Crippen molar-refractivity contribution in [3.05, 3.63) is 0 Å². The summed E-state index contributed by atoms with van der Waals surface area (Å²) in [5.41, 5.74) is 0. The monoisotopic (exact) mass is 199 g/mol. The fourth-order valence-corrected chi connectivity index (χ4v) is 1.11. The highest BCUT2D eigenvalue weighted by molar-refractivity contribution is 4.71. The van der Waals surface area contributed by atoms with Crippen molar-refractivity contribution in [1.29, 1.82) is 0 Å². The minimum Gasteiger partial charge on any atom is -0.395 e. The smallest absolute Gasteiger partial charge is 0.390 e. The van der Waals surface area contributed by atoms with Crippen molar-refractivity contribution in [2.45, 2.75) is 44.9 Å². The predicted molar refractivity (Wildman–Crippen MR) is 44.4 cm³/mol. The standard InChI is InChI=1S/C8H16F3NO/c1-3-7(5-13)12-6(2)4-8(9,10)11/h6-7,12-13H,3-5H2,1-2H3/t6?,7-/m1/s1. The summed E-state index contributed by atoms with van der Waals surface area (Å²) in [5, 5.41) is 11.4. The molecule has 0 aromatic heterocycles. The van der Waals surface area contributed by atoms with Crippen LogP contribution in [0.15, 0.2) is 0 Å². The number of hydrogen-bond acceptors (Lipinski definition) is 2. The Hall–Kier alpha value is -0.290. The zero-order valence-corrected chi connectivity index (χ0v) is 7.86. The largest absolute Gasteiger partial charge is 0.395 e. The van der Waals surface area contributed by atoms with Gasteiger partial charge in [-0.15, -0.1) is 0 Å². The third-order valence-electron chi connectivity index (χ3n) is 1.77. The molecular weight excluding hydrogens is 183 g/mol. The molecule has 0 spiro atoms. The molecule has 2 atom stereocenters. The van der Waals surface area contributed by atoms with Crippen LogP contribution in [0.5, 0.6) is 0 Å². The van der Waals surface area contributed by atoms with E-state index in [9.17, 15) is 13.2 Å². The minimum atomic E-state index is -4.14. The minimum absolute atomic E-state index is 0.126. The summed E-state index contributed by atoms with van der Waals surface area (Å²) < 4.78 is 35.6. The van der Waals surface area contributed by atoms with Crippen LogP contribution in [-0.4, -0.2) is 30.0 Å². The molecule has 0 fully saturated rings. The van der Waals surface area contributed by atoms with Crippen molar-refractivity contribution in [1.82, 2.24) is 5.32 Å². The number of nitrogens with one attached hydrogen (secondary N) is 1. The SMILES string of the molecule is CC[C@H](CO)NC(C)CC(F)(F)F. The first-order valence-corrected chi connectivity index (χ1v) is 4.32. The van der Waals surface area contributed by atoms with Crippen LogP contribution in [0.2, 0.25) is 0 Å². The Morgan fingerprint density at radius 1 is 1.38 bits per heavy atom. The zero-order valence-electron chi connectivity index (χ0n) is 7.86. The van der Waals surface area contributed by atoms with E-state index in [0.717, 1.165) is 0 Å². The van der Waals surface area contributed by atoms with E-state index in [0.29, 0.717) is 6.42 Å². The van der Waals surface area contributed by atoms with Gasteiger partial charge in [0.1, 0.15) is 0 Å². The Bertz CT molecular complexity index is 134. The average molecular weight is 199 g/mol. The van der Waals surface area contributed by atoms with Gasteiger partial charge in [0.25, 0.3) is 0 Å². The van der Waals surface area contributed by atoms with Crippen LogP contribution >= 0.6 is 0 Å². The summed E-state index contributed by atoms with van der Waals surface area (Å²) in [6, 6.07) is -0.880. The molecule has 0 radical (unpaired) electrons. The highest BCUT2D eigenvalue weighted by Crippen LogP contribution is 2.21. The van der Waals surface area contributed by atoms with E-state index in [-0.39, 0.29) is 12.6 Å². The molecule has 2 N–H and O–H groups in total. The molecule has 0 saturated heterocycles. The molecule has 5 heteroatoms. The first kappa shape index (κ1) is 12.7. The second-order valence-corrected chi connectivity index (χ2v) is 3.17. The van der Waals surface area contributed by atoms with Gasteiger partial charge in [-0.05, 0) is 13.3 Å². The Morgan fingerprint density at radius 2 is 1.92 bits per heavy atom. The van der Waals surface area contributed by atoms with Crippen molar-refractivity contribution in [2.75, 3.05) is 6.61 Å². The molecule has 0 aliphatic carbocycles. The van der Waals surface area contributed by atoms with E-state index in [4.69, 9.17) is 5.11 Å². The molecule has 0 saturated carbocycles. The van der Waals surface area contributed by atoms with Crippen LogP contribution in [-0.2, 0) is 0 Å². The summed E-state index contributed by atoms with van der Waals surface area (Å²) in [7, 11) is 0. The lowest BCUT2D eigenvalue weighted by atomic mass is 10.1. The molecule has 0 bridgehead atoms. The van der Waals surface area contributed by atoms with Gasteiger partial charge in [0.2, 0.25) is 0 Å². The summed E-state index contributed by atoms with van der Waals surface area (Å²) in [4.78, 5) is 0. The van der Waals surface area contributed by atoms with Gasteiger partial charge in [-0.3, -0.25) is 0 Å². The topological polar surface area (TPSA) is 32.3 Å². The Morgan fingerprint density at radius 3 is 2.23 bits per heavy atom. The summed E-state index contributed by atoms with van der Waals surface area (Å²) in [6.45, 7) is 3.15. The molecule has 13 heavy (non-hydrogen) atoms. The van der Waals surface area contributed by atoms with Gasteiger partial charge in [-0.1, -0.05) is 6.92 Å². The molecule has 80 valence electrons. The Kier molecular flexibility index (Phi) is 5.32. The molecular formula is C8H16F3NO. The molecule has 0 aromatic rings. The van der Waals surface area contributed by atoms with Gasteiger partial charge >= 0.3 is 6.18 Å². The van der Waals surface area contributed by atoms with E-state index in [1.54, 1.807) is 0 Å². The number of aliphatic hydroxyl groups excluding tert-OH is 1. The molecule has 0 rings (SSSR count). The van der Waals surface area contributed by atoms with Gasteiger partial charge in [0.15, 0.2) is 0 Å². The molecule has 0 amide bonds. The number of rotatable bonds is 5. The lowest BCUT2D eigenvalue weighted by molar-refractivity contribution is -0.139. The summed E-state index contributed by atoms with van der Waals surface area (Å²) in [5.74, 6) is 0. The summed E-state index contributed by atoms with van der Waals surface area (Å²) in [6.07, 6.45) is -4.37. The first-order valence-electron chi connectivity index (χ1n) is 4.32. The second kappa shape index (κ2) is 5.44. The van der Waals surface area contributed by atoms with E-state index in [1.807, 2.05) is 6.92 Å². The molecule has 0 aromatic carbocycles. The van der Waals surface area contributed by atoms with E-state index in [1.165, 1.54) is 6.92 Å². The van der Waals surface area contributed by atoms with Crippen LogP contribution < -0.4 is 5.32 Å². The molecule has 0 heterocycles. The number of alkyl halides is 3. The normalized spacial score (nSPS) is 17.1.